The van der Waals surface area contributed by atoms with Gasteiger partial charge in [0.1, 0.15) is 5.69 Å². The van der Waals surface area contributed by atoms with Crippen molar-refractivity contribution in [3.05, 3.63) is 11.9 Å². The monoisotopic (exact) mass is 235 g/mol. The van der Waals surface area contributed by atoms with E-state index in [0.717, 1.165) is 13.0 Å². The van der Waals surface area contributed by atoms with Crippen LogP contribution in [0.5, 0.6) is 0 Å². The molecule has 0 aliphatic heterocycles. The van der Waals surface area contributed by atoms with E-state index in [4.69, 9.17) is 0 Å². The number of aryl methyl sites for hydroxylation is 1. The molecule has 0 amide bonds. The van der Waals surface area contributed by atoms with Crippen molar-refractivity contribution >= 4 is 5.78 Å². The Kier molecular flexibility index (Phi) is 2.64. The zero-order chi connectivity index (χ0) is 12.8. The number of carbonyl (C=O) groups is 1. The van der Waals surface area contributed by atoms with Gasteiger partial charge in [-0.25, -0.2) is 4.68 Å². The predicted octanol–water partition coefficient (Wildman–Crippen LogP) is 2.55. The smallest absolute Gasteiger partial charge is 0.186 e. The number of nitrogens with zero attached hydrogens (tertiary/aromatic N) is 3. The molecule has 1 fully saturated rings. The predicted molar refractivity (Wildman–Crippen MR) is 65.7 cm³/mol. The van der Waals surface area contributed by atoms with E-state index in [1.165, 1.54) is 0 Å². The van der Waals surface area contributed by atoms with Crippen LogP contribution >= 0.6 is 0 Å². The lowest BCUT2D eigenvalue weighted by Gasteiger charge is -2.04. The minimum atomic E-state index is 0.0748. The maximum Gasteiger partial charge on any atom is 0.186 e. The molecule has 0 bridgehead atoms. The Hall–Kier alpha value is -1.19. The first kappa shape index (κ1) is 12.3. The second-order valence-electron chi connectivity index (χ2n) is 6.08. The summed E-state index contributed by atoms with van der Waals surface area (Å²) in [5.74, 6) is 0.280. The van der Waals surface area contributed by atoms with Gasteiger partial charge in [0, 0.05) is 12.5 Å². The summed E-state index contributed by atoms with van der Waals surface area (Å²) in [6.45, 7) is 11.5. The lowest BCUT2D eigenvalue weighted by Crippen LogP contribution is -2.14. The molecule has 0 N–H and O–H groups in total. The Morgan fingerprint density at radius 3 is 2.41 bits per heavy atom. The molecule has 0 atom stereocenters. The molecule has 1 aromatic heterocycles. The topological polar surface area (TPSA) is 47.8 Å². The van der Waals surface area contributed by atoms with Gasteiger partial charge in [0.25, 0.3) is 0 Å². The summed E-state index contributed by atoms with van der Waals surface area (Å²) in [4.78, 5) is 12.5. The highest BCUT2D eigenvalue weighted by Gasteiger charge is 2.68. The van der Waals surface area contributed by atoms with Crippen LogP contribution in [0.1, 0.15) is 51.5 Å². The third-order valence-electron chi connectivity index (χ3n) is 4.59. The second-order valence-corrected chi connectivity index (χ2v) is 6.08. The van der Waals surface area contributed by atoms with Crippen LogP contribution in [0.4, 0.5) is 0 Å². The minimum absolute atomic E-state index is 0.0748. The van der Waals surface area contributed by atoms with E-state index in [-0.39, 0.29) is 22.5 Å². The molecule has 4 heteroatoms. The average molecular weight is 235 g/mol. The largest absolute Gasteiger partial charge is 0.292 e. The molecule has 0 aromatic carbocycles. The highest BCUT2D eigenvalue weighted by atomic mass is 16.1. The Morgan fingerprint density at radius 1 is 1.35 bits per heavy atom. The highest BCUT2D eigenvalue weighted by Crippen LogP contribution is 2.69. The molecule has 17 heavy (non-hydrogen) atoms. The Bertz CT molecular complexity index is 431. The summed E-state index contributed by atoms with van der Waals surface area (Å²) in [6.07, 6.45) is 2.56. The fraction of sp³-hybridized carbons (Fsp3) is 0.769. The van der Waals surface area contributed by atoms with Crippen molar-refractivity contribution in [1.29, 1.82) is 0 Å². The Morgan fingerprint density at radius 2 is 1.94 bits per heavy atom. The maximum atomic E-state index is 12.5. The molecule has 0 spiro atoms. The molecule has 1 aliphatic carbocycles. The van der Waals surface area contributed by atoms with Crippen molar-refractivity contribution in [1.82, 2.24) is 15.0 Å². The molecule has 94 valence electrons. The van der Waals surface area contributed by atoms with Gasteiger partial charge in [-0.05, 0) is 17.3 Å². The number of hydrogen-bond donors (Lipinski definition) is 0. The minimum Gasteiger partial charge on any atom is -0.292 e. The van der Waals surface area contributed by atoms with Crippen molar-refractivity contribution < 1.29 is 4.79 Å². The van der Waals surface area contributed by atoms with E-state index in [2.05, 4.69) is 44.9 Å². The summed E-state index contributed by atoms with van der Waals surface area (Å²) in [7, 11) is 0. The van der Waals surface area contributed by atoms with Crippen LogP contribution in [0.25, 0.3) is 0 Å². The number of carbonyl (C=O) groups excluding carboxylic acids is 1. The van der Waals surface area contributed by atoms with Gasteiger partial charge in [0.2, 0.25) is 0 Å². The third kappa shape index (κ3) is 1.61. The first-order chi connectivity index (χ1) is 7.84. The number of ketones is 1. The first-order valence-corrected chi connectivity index (χ1v) is 6.26. The fourth-order valence-electron chi connectivity index (χ4n) is 2.83. The molecule has 0 unspecified atom stereocenters. The fourth-order valence-corrected chi connectivity index (χ4v) is 2.83. The van der Waals surface area contributed by atoms with E-state index in [1.54, 1.807) is 10.9 Å². The van der Waals surface area contributed by atoms with E-state index >= 15 is 0 Å². The summed E-state index contributed by atoms with van der Waals surface area (Å²) in [5, 5.41) is 7.84. The van der Waals surface area contributed by atoms with Gasteiger partial charge in [-0.1, -0.05) is 39.8 Å². The molecular weight excluding hydrogens is 214 g/mol. The van der Waals surface area contributed by atoms with Gasteiger partial charge in [-0.3, -0.25) is 4.79 Å². The Labute approximate surface area is 102 Å². The highest BCUT2D eigenvalue weighted by molar-refractivity contribution is 5.99. The van der Waals surface area contributed by atoms with Gasteiger partial charge in [0.05, 0.1) is 6.20 Å². The van der Waals surface area contributed by atoms with Crippen LogP contribution in [0.2, 0.25) is 0 Å². The first-order valence-electron chi connectivity index (χ1n) is 6.26. The summed E-state index contributed by atoms with van der Waals surface area (Å²) < 4.78 is 1.73. The van der Waals surface area contributed by atoms with Crippen LogP contribution in [-0.2, 0) is 6.54 Å². The SMILES string of the molecule is CCCn1nncc1C(=O)C1C(C)(C)C1(C)C. The van der Waals surface area contributed by atoms with Crippen LogP contribution in [-0.4, -0.2) is 20.8 Å². The lowest BCUT2D eigenvalue weighted by atomic mass is 10.0. The molecule has 1 aliphatic rings. The van der Waals surface area contributed by atoms with E-state index in [9.17, 15) is 4.79 Å². The van der Waals surface area contributed by atoms with Crippen molar-refractivity contribution in [2.24, 2.45) is 16.7 Å². The number of Topliss-reactive ketones (excluding diaryl/α,β-unsaturated/α-hetero) is 1. The van der Waals surface area contributed by atoms with E-state index < -0.39 is 0 Å². The van der Waals surface area contributed by atoms with Gasteiger partial charge in [0.15, 0.2) is 5.78 Å². The van der Waals surface area contributed by atoms with E-state index in [0.29, 0.717) is 5.69 Å². The van der Waals surface area contributed by atoms with Crippen molar-refractivity contribution in [3.8, 4) is 0 Å². The standard InChI is InChI=1S/C13H21N3O/c1-6-7-16-9(8-14-15-16)10(17)11-12(2,3)13(11,4)5/h8,11H,6-7H2,1-5H3. The van der Waals surface area contributed by atoms with Crippen LogP contribution in [0, 0.1) is 16.7 Å². The average Bonchev–Trinajstić information content (AvgIpc) is 2.58. The van der Waals surface area contributed by atoms with E-state index in [1.807, 2.05) is 0 Å². The van der Waals surface area contributed by atoms with Gasteiger partial charge >= 0.3 is 0 Å². The molecular formula is C13H21N3O. The van der Waals surface area contributed by atoms with Crippen molar-refractivity contribution in [3.63, 3.8) is 0 Å². The van der Waals surface area contributed by atoms with Gasteiger partial charge in [-0.15, -0.1) is 5.10 Å². The van der Waals surface area contributed by atoms with Crippen LogP contribution in [0.15, 0.2) is 6.20 Å². The van der Waals surface area contributed by atoms with Gasteiger partial charge in [-0.2, -0.15) is 0 Å². The zero-order valence-electron chi connectivity index (χ0n) is 11.3. The second kappa shape index (κ2) is 3.65. The lowest BCUT2D eigenvalue weighted by molar-refractivity contribution is 0.0934. The van der Waals surface area contributed by atoms with Crippen molar-refractivity contribution in [2.45, 2.75) is 47.6 Å². The van der Waals surface area contributed by atoms with Crippen molar-refractivity contribution in [2.75, 3.05) is 0 Å². The molecule has 2 rings (SSSR count). The Balaban J connectivity index is 2.25. The molecule has 4 nitrogen and oxygen atoms in total. The summed E-state index contributed by atoms with van der Waals surface area (Å²) in [6, 6.07) is 0. The van der Waals surface area contributed by atoms with Crippen LogP contribution in [0.3, 0.4) is 0 Å². The quantitative estimate of drug-likeness (QED) is 0.753. The maximum absolute atomic E-state index is 12.5. The molecule has 0 radical (unpaired) electrons. The summed E-state index contributed by atoms with van der Waals surface area (Å²) >= 11 is 0. The van der Waals surface area contributed by atoms with Gasteiger partial charge < -0.3 is 0 Å². The third-order valence-corrected chi connectivity index (χ3v) is 4.59. The molecule has 1 aromatic rings. The number of aromatic nitrogens is 3. The van der Waals surface area contributed by atoms with Crippen LogP contribution < -0.4 is 0 Å². The number of hydrogen-bond acceptors (Lipinski definition) is 3. The molecule has 1 saturated carbocycles. The number of rotatable bonds is 4. The molecule has 0 saturated heterocycles. The zero-order valence-corrected chi connectivity index (χ0v) is 11.3. The normalized spacial score (nSPS) is 21.5. The molecule has 1 heterocycles. The summed E-state index contributed by atoms with van der Waals surface area (Å²) in [5.41, 5.74) is 0.812.